The van der Waals surface area contributed by atoms with E-state index in [1.54, 1.807) is 0 Å². The third-order valence-electron chi connectivity index (χ3n) is 5.39. The van der Waals surface area contributed by atoms with Crippen LogP contribution in [0.4, 0.5) is 0 Å². The molecule has 0 saturated heterocycles. The number of benzene rings is 3. The molecule has 0 aliphatic carbocycles. The van der Waals surface area contributed by atoms with E-state index in [0.717, 1.165) is 33.8 Å². The second kappa shape index (κ2) is 10.6. The smallest absolute Gasteiger partial charge is 0.237 e. The Hall–Kier alpha value is -3.57. The van der Waals surface area contributed by atoms with Crippen molar-refractivity contribution in [2.45, 2.75) is 32.1 Å². The lowest BCUT2D eigenvalue weighted by Gasteiger charge is -2.19. The fourth-order valence-corrected chi connectivity index (χ4v) is 3.62. The minimum absolute atomic E-state index is 0.130. The van der Waals surface area contributed by atoms with Gasteiger partial charge in [0.15, 0.2) is 0 Å². The summed E-state index contributed by atoms with van der Waals surface area (Å²) in [5.41, 5.74) is 10.2. The Morgan fingerprint density at radius 1 is 0.906 bits per heavy atom. The maximum atomic E-state index is 12.1. The maximum Gasteiger partial charge on any atom is 0.237 e. The summed E-state index contributed by atoms with van der Waals surface area (Å²) in [5, 5.41) is 2.92. The van der Waals surface area contributed by atoms with E-state index in [-0.39, 0.29) is 5.91 Å². The molecule has 1 heterocycles. The summed E-state index contributed by atoms with van der Waals surface area (Å²) in [6.07, 6.45) is 5.07. The van der Waals surface area contributed by atoms with Crippen LogP contribution in [0.25, 0.3) is 6.08 Å². The molecular weight excluding hydrogens is 400 g/mol. The highest BCUT2D eigenvalue weighted by Crippen LogP contribution is 2.32. The van der Waals surface area contributed by atoms with Crippen LogP contribution in [0, 0.1) is 0 Å². The van der Waals surface area contributed by atoms with Crippen LogP contribution in [-0.4, -0.2) is 18.5 Å². The monoisotopic (exact) mass is 428 g/mol. The van der Waals surface area contributed by atoms with Crippen molar-refractivity contribution in [2.75, 3.05) is 6.54 Å². The highest BCUT2D eigenvalue weighted by atomic mass is 16.5. The number of fused-ring (bicyclic) bond motifs is 1. The molecule has 0 aromatic heterocycles. The van der Waals surface area contributed by atoms with E-state index in [0.29, 0.717) is 32.6 Å². The van der Waals surface area contributed by atoms with Gasteiger partial charge in [-0.3, -0.25) is 4.79 Å². The number of hydrogen-bond acceptors (Lipinski definition) is 4. The quantitative estimate of drug-likeness (QED) is 0.616. The van der Waals surface area contributed by atoms with Gasteiger partial charge in [0.25, 0.3) is 0 Å². The average Bonchev–Trinajstić information content (AvgIpc) is 2.83. The van der Waals surface area contributed by atoms with Crippen LogP contribution in [0.5, 0.6) is 11.5 Å². The largest absolute Gasteiger partial charge is 0.489 e. The summed E-state index contributed by atoms with van der Waals surface area (Å²) in [7, 11) is 0. The van der Waals surface area contributed by atoms with Crippen molar-refractivity contribution < 1.29 is 14.3 Å². The first kappa shape index (κ1) is 21.7. The van der Waals surface area contributed by atoms with Gasteiger partial charge in [-0.2, -0.15) is 0 Å². The topological polar surface area (TPSA) is 73.6 Å². The third kappa shape index (κ3) is 5.77. The van der Waals surface area contributed by atoms with Crippen LogP contribution in [0.2, 0.25) is 0 Å². The molecule has 1 aliphatic heterocycles. The third-order valence-corrected chi connectivity index (χ3v) is 5.39. The van der Waals surface area contributed by atoms with Gasteiger partial charge in [0.2, 0.25) is 5.91 Å². The lowest BCUT2D eigenvalue weighted by atomic mass is 10.00. The Balaban J connectivity index is 1.63. The van der Waals surface area contributed by atoms with Crippen molar-refractivity contribution in [3.8, 4) is 11.5 Å². The van der Waals surface area contributed by atoms with E-state index in [9.17, 15) is 4.79 Å². The molecule has 4 rings (SSSR count). The van der Waals surface area contributed by atoms with E-state index in [4.69, 9.17) is 15.2 Å². The Morgan fingerprint density at radius 3 is 2.25 bits per heavy atom. The number of ether oxygens (including phenoxy) is 2. The number of amides is 1. The minimum Gasteiger partial charge on any atom is -0.489 e. The normalized spacial score (nSPS) is 17.0. The number of nitrogens with two attached hydrogens (primary N) is 1. The Morgan fingerprint density at radius 2 is 1.56 bits per heavy atom. The van der Waals surface area contributed by atoms with E-state index >= 15 is 0 Å². The molecule has 164 valence electrons. The van der Waals surface area contributed by atoms with E-state index in [1.807, 2.05) is 84.9 Å². The lowest BCUT2D eigenvalue weighted by Crippen LogP contribution is -2.41. The predicted molar refractivity (Wildman–Crippen MR) is 126 cm³/mol. The van der Waals surface area contributed by atoms with Gasteiger partial charge in [0.1, 0.15) is 24.7 Å². The van der Waals surface area contributed by atoms with Gasteiger partial charge >= 0.3 is 0 Å². The predicted octanol–water partition coefficient (Wildman–Crippen LogP) is 4.25. The van der Waals surface area contributed by atoms with Crippen LogP contribution >= 0.6 is 0 Å². The highest BCUT2D eigenvalue weighted by molar-refractivity contribution is 5.82. The number of carbonyl (C=O) groups excluding carboxylic acids is 1. The second-order valence-corrected chi connectivity index (χ2v) is 7.83. The standard InChI is InChI=1S/C27H28N2O3/c28-25-13-7-12-24-22(14-15-29-27(25)30)16-23(31-18-20-8-3-1-4-9-20)17-26(24)32-19-21-10-5-2-6-11-21/h1-12,16-17,25H,13-15,18-19,28H2,(H,29,30)/b12-7-/t25-/m0/s1. The number of nitrogens with one attached hydrogen (secondary N) is 1. The molecule has 3 aromatic carbocycles. The molecule has 1 aliphatic rings. The summed E-state index contributed by atoms with van der Waals surface area (Å²) >= 11 is 0. The molecule has 5 nitrogen and oxygen atoms in total. The summed E-state index contributed by atoms with van der Waals surface area (Å²) in [6, 6.07) is 23.6. The summed E-state index contributed by atoms with van der Waals surface area (Å²) in [6.45, 7) is 1.44. The Kier molecular flexibility index (Phi) is 7.20. The first-order valence-corrected chi connectivity index (χ1v) is 10.9. The molecule has 5 heteroatoms. The van der Waals surface area contributed by atoms with Gasteiger partial charge in [-0.25, -0.2) is 0 Å². The van der Waals surface area contributed by atoms with Gasteiger partial charge in [0, 0.05) is 18.2 Å². The van der Waals surface area contributed by atoms with Crippen LogP contribution in [0.1, 0.15) is 28.7 Å². The molecule has 0 bridgehead atoms. The van der Waals surface area contributed by atoms with Crippen molar-refractivity contribution in [3.63, 3.8) is 0 Å². The van der Waals surface area contributed by atoms with Crippen molar-refractivity contribution in [1.82, 2.24) is 5.32 Å². The Labute approximate surface area is 188 Å². The number of rotatable bonds is 6. The van der Waals surface area contributed by atoms with Gasteiger partial charge in [-0.15, -0.1) is 0 Å². The highest BCUT2D eigenvalue weighted by Gasteiger charge is 2.16. The molecule has 0 spiro atoms. The number of carbonyl (C=O) groups is 1. The zero-order chi connectivity index (χ0) is 22.2. The average molecular weight is 429 g/mol. The van der Waals surface area contributed by atoms with Crippen LogP contribution in [-0.2, 0) is 24.4 Å². The summed E-state index contributed by atoms with van der Waals surface area (Å²) in [5.74, 6) is 1.37. The lowest BCUT2D eigenvalue weighted by molar-refractivity contribution is -0.122. The summed E-state index contributed by atoms with van der Waals surface area (Å²) in [4.78, 5) is 12.1. The molecular formula is C27H28N2O3. The zero-order valence-electron chi connectivity index (χ0n) is 18.0. The van der Waals surface area contributed by atoms with Gasteiger partial charge in [-0.05, 0) is 35.6 Å². The van der Waals surface area contributed by atoms with E-state index in [2.05, 4.69) is 5.32 Å². The van der Waals surface area contributed by atoms with Crippen LogP contribution < -0.4 is 20.5 Å². The van der Waals surface area contributed by atoms with Gasteiger partial charge in [0.05, 0.1) is 6.04 Å². The van der Waals surface area contributed by atoms with E-state index < -0.39 is 6.04 Å². The van der Waals surface area contributed by atoms with E-state index in [1.165, 1.54) is 0 Å². The first-order chi connectivity index (χ1) is 15.7. The fourth-order valence-electron chi connectivity index (χ4n) is 3.62. The molecule has 3 N–H and O–H groups in total. The molecule has 0 fully saturated rings. The molecule has 32 heavy (non-hydrogen) atoms. The maximum absolute atomic E-state index is 12.1. The van der Waals surface area contributed by atoms with Crippen molar-refractivity contribution in [2.24, 2.45) is 5.73 Å². The molecule has 0 saturated carbocycles. The SMILES string of the molecule is N[C@H]1C/C=C\c2c(cc(OCc3ccccc3)cc2OCc2ccccc2)CCNC1=O. The minimum atomic E-state index is -0.546. The molecule has 1 atom stereocenters. The van der Waals surface area contributed by atoms with Crippen molar-refractivity contribution in [1.29, 1.82) is 0 Å². The summed E-state index contributed by atoms with van der Waals surface area (Å²) < 4.78 is 12.4. The molecule has 3 aromatic rings. The first-order valence-electron chi connectivity index (χ1n) is 10.9. The van der Waals surface area contributed by atoms with Crippen LogP contribution in [0.3, 0.4) is 0 Å². The Bertz CT molecular complexity index is 1070. The van der Waals surface area contributed by atoms with Gasteiger partial charge < -0.3 is 20.5 Å². The fraction of sp³-hybridized carbons (Fsp3) is 0.222. The molecule has 0 unspecified atom stereocenters. The molecule has 1 amide bonds. The van der Waals surface area contributed by atoms with Gasteiger partial charge in [-0.1, -0.05) is 72.8 Å². The molecule has 0 radical (unpaired) electrons. The van der Waals surface area contributed by atoms with Crippen LogP contribution in [0.15, 0.2) is 78.9 Å². The second-order valence-electron chi connectivity index (χ2n) is 7.83. The van der Waals surface area contributed by atoms with Crippen molar-refractivity contribution >= 4 is 12.0 Å². The number of hydrogen-bond donors (Lipinski definition) is 2. The zero-order valence-corrected chi connectivity index (χ0v) is 18.0. The van der Waals surface area contributed by atoms with Crippen molar-refractivity contribution in [3.05, 3.63) is 101 Å².